The predicted molar refractivity (Wildman–Crippen MR) is 143 cm³/mol. The van der Waals surface area contributed by atoms with Crippen molar-refractivity contribution in [3.8, 4) is 11.5 Å². The molecule has 0 atom stereocenters. The minimum absolute atomic E-state index is 0.129. The number of hydrogen-bond donors (Lipinski definition) is 1. The van der Waals surface area contributed by atoms with Crippen LogP contribution in [0.1, 0.15) is 28.4 Å². The van der Waals surface area contributed by atoms with Crippen LogP contribution in [0.3, 0.4) is 0 Å². The standard InChI is InChI=1S/C30H29NO5S/c1-2-35-30(32)25-10-6-11-26(20-25)36-27-12-7-13-29(21-27)37(33,34)28-16-14-23(15-17-28)18-19-31-22-24-8-4-3-5-9-24/h3-17,20-21,31H,2,18-19,22H2,1H3. The third-order valence-corrected chi connectivity index (χ3v) is 7.46. The second kappa shape index (κ2) is 12.3. The molecule has 0 aliphatic carbocycles. The van der Waals surface area contributed by atoms with Crippen LogP contribution in [0, 0.1) is 0 Å². The fraction of sp³-hybridized carbons (Fsp3) is 0.167. The van der Waals surface area contributed by atoms with Crippen molar-refractivity contribution in [3.63, 3.8) is 0 Å². The van der Waals surface area contributed by atoms with E-state index in [0.717, 1.165) is 25.1 Å². The molecule has 4 rings (SSSR count). The summed E-state index contributed by atoms with van der Waals surface area (Å²) in [6.07, 6.45) is 0.793. The van der Waals surface area contributed by atoms with Crippen molar-refractivity contribution < 1.29 is 22.7 Å². The van der Waals surface area contributed by atoms with Crippen LogP contribution in [0.25, 0.3) is 0 Å². The fourth-order valence-electron chi connectivity index (χ4n) is 3.77. The first kappa shape index (κ1) is 26.1. The van der Waals surface area contributed by atoms with Gasteiger partial charge in [0.2, 0.25) is 9.84 Å². The molecule has 0 amide bonds. The maximum atomic E-state index is 13.3. The summed E-state index contributed by atoms with van der Waals surface area (Å²) in [5.74, 6) is 0.313. The minimum atomic E-state index is -3.73. The van der Waals surface area contributed by atoms with Crippen molar-refractivity contribution in [1.29, 1.82) is 0 Å². The molecular formula is C30H29NO5S. The highest BCUT2D eigenvalue weighted by atomic mass is 32.2. The molecule has 37 heavy (non-hydrogen) atoms. The highest BCUT2D eigenvalue weighted by Crippen LogP contribution is 2.28. The molecule has 0 fully saturated rings. The van der Waals surface area contributed by atoms with E-state index in [1.54, 1.807) is 61.5 Å². The van der Waals surface area contributed by atoms with E-state index in [0.29, 0.717) is 17.1 Å². The van der Waals surface area contributed by atoms with E-state index in [-0.39, 0.29) is 16.4 Å². The summed E-state index contributed by atoms with van der Waals surface area (Å²) in [4.78, 5) is 12.3. The second-order valence-electron chi connectivity index (χ2n) is 8.38. The molecule has 0 saturated carbocycles. The smallest absolute Gasteiger partial charge is 0.338 e. The Bertz CT molecular complexity index is 1430. The van der Waals surface area contributed by atoms with Gasteiger partial charge in [0, 0.05) is 6.54 Å². The van der Waals surface area contributed by atoms with Gasteiger partial charge in [-0.2, -0.15) is 0 Å². The zero-order chi connectivity index (χ0) is 26.1. The van der Waals surface area contributed by atoms with Gasteiger partial charge < -0.3 is 14.8 Å². The van der Waals surface area contributed by atoms with Crippen molar-refractivity contribution in [2.75, 3.05) is 13.2 Å². The van der Waals surface area contributed by atoms with Crippen LogP contribution in [0.5, 0.6) is 11.5 Å². The molecule has 7 heteroatoms. The first-order valence-electron chi connectivity index (χ1n) is 12.1. The molecule has 0 aliphatic rings. The molecule has 6 nitrogen and oxygen atoms in total. The van der Waals surface area contributed by atoms with Crippen LogP contribution in [0.15, 0.2) is 113 Å². The maximum Gasteiger partial charge on any atom is 0.338 e. The second-order valence-corrected chi connectivity index (χ2v) is 10.3. The number of esters is 1. The largest absolute Gasteiger partial charge is 0.462 e. The number of benzene rings is 4. The molecule has 0 saturated heterocycles. The van der Waals surface area contributed by atoms with Gasteiger partial charge in [-0.1, -0.05) is 54.6 Å². The Morgan fingerprint density at radius 3 is 2.19 bits per heavy atom. The number of carbonyl (C=O) groups excluding carboxylic acids is 1. The van der Waals surface area contributed by atoms with E-state index >= 15 is 0 Å². The Morgan fingerprint density at radius 1 is 0.757 bits per heavy atom. The lowest BCUT2D eigenvalue weighted by Gasteiger charge is -2.10. The zero-order valence-corrected chi connectivity index (χ0v) is 21.4. The topological polar surface area (TPSA) is 81.7 Å². The number of ether oxygens (including phenoxy) is 2. The lowest BCUT2D eigenvalue weighted by molar-refractivity contribution is 0.0526. The monoisotopic (exact) mass is 515 g/mol. The molecule has 190 valence electrons. The van der Waals surface area contributed by atoms with Crippen LogP contribution >= 0.6 is 0 Å². The fourth-order valence-corrected chi connectivity index (χ4v) is 5.07. The van der Waals surface area contributed by atoms with E-state index in [2.05, 4.69) is 17.4 Å². The van der Waals surface area contributed by atoms with Crippen LogP contribution in [-0.2, 0) is 27.5 Å². The highest BCUT2D eigenvalue weighted by Gasteiger charge is 2.18. The number of hydrogen-bond acceptors (Lipinski definition) is 6. The van der Waals surface area contributed by atoms with Gasteiger partial charge in [0.25, 0.3) is 0 Å². The van der Waals surface area contributed by atoms with Crippen LogP contribution in [0.2, 0.25) is 0 Å². The Hall–Kier alpha value is -3.94. The van der Waals surface area contributed by atoms with E-state index in [1.165, 1.54) is 11.6 Å². The van der Waals surface area contributed by atoms with Gasteiger partial charge in [-0.3, -0.25) is 0 Å². The van der Waals surface area contributed by atoms with Crippen molar-refractivity contribution in [2.45, 2.75) is 29.7 Å². The average Bonchev–Trinajstić information content (AvgIpc) is 2.92. The third kappa shape index (κ3) is 7.06. The van der Waals surface area contributed by atoms with Crippen molar-refractivity contribution >= 4 is 15.8 Å². The minimum Gasteiger partial charge on any atom is -0.462 e. The summed E-state index contributed by atoms with van der Waals surface area (Å²) in [6, 6.07) is 30.0. The molecule has 4 aromatic carbocycles. The quantitative estimate of drug-likeness (QED) is 0.200. The molecule has 0 aliphatic heterocycles. The Labute approximate surface area is 217 Å². The van der Waals surface area contributed by atoms with Crippen molar-refractivity contribution in [2.24, 2.45) is 0 Å². The van der Waals surface area contributed by atoms with Crippen LogP contribution in [-0.4, -0.2) is 27.5 Å². The zero-order valence-electron chi connectivity index (χ0n) is 20.6. The van der Waals surface area contributed by atoms with Gasteiger partial charge >= 0.3 is 5.97 Å². The molecular weight excluding hydrogens is 486 g/mol. The predicted octanol–water partition coefficient (Wildman–Crippen LogP) is 5.82. The summed E-state index contributed by atoms with van der Waals surface area (Å²) in [5, 5.41) is 3.41. The maximum absolute atomic E-state index is 13.3. The van der Waals surface area contributed by atoms with Gasteiger partial charge in [0.05, 0.1) is 22.0 Å². The van der Waals surface area contributed by atoms with E-state index < -0.39 is 15.8 Å². The summed E-state index contributed by atoms with van der Waals surface area (Å²) in [5.41, 5.74) is 2.64. The summed E-state index contributed by atoms with van der Waals surface area (Å²) in [7, 11) is -3.73. The number of sulfone groups is 1. The van der Waals surface area contributed by atoms with E-state index in [9.17, 15) is 13.2 Å². The van der Waals surface area contributed by atoms with Gasteiger partial charge in [-0.05, 0) is 79.5 Å². The van der Waals surface area contributed by atoms with Crippen molar-refractivity contribution in [3.05, 3.63) is 120 Å². The van der Waals surface area contributed by atoms with Crippen LogP contribution < -0.4 is 10.1 Å². The molecule has 0 spiro atoms. The molecule has 0 radical (unpaired) electrons. The van der Waals surface area contributed by atoms with Gasteiger partial charge in [-0.25, -0.2) is 13.2 Å². The van der Waals surface area contributed by atoms with Gasteiger partial charge in [0.1, 0.15) is 11.5 Å². The first-order valence-corrected chi connectivity index (χ1v) is 13.6. The molecule has 0 aromatic heterocycles. The van der Waals surface area contributed by atoms with Gasteiger partial charge in [-0.15, -0.1) is 0 Å². The number of nitrogens with one attached hydrogen (secondary N) is 1. The van der Waals surface area contributed by atoms with E-state index in [1.807, 2.05) is 30.3 Å². The lowest BCUT2D eigenvalue weighted by Crippen LogP contribution is -2.16. The summed E-state index contributed by atoms with van der Waals surface area (Å²) in [6.45, 7) is 3.59. The first-order chi connectivity index (χ1) is 18.0. The number of carbonyl (C=O) groups is 1. The Balaban J connectivity index is 1.40. The average molecular weight is 516 g/mol. The van der Waals surface area contributed by atoms with E-state index in [4.69, 9.17) is 9.47 Å². The third-order valence-electron chi connectivity index (χ3n) is 5.69. The summed E-state index contributed by atoms with van der Waals surface area (Å²) >= 11 is 0. The molecule has 0 unspecified atom stereocenters. The van der Waals surface area contributed by atoms with Gasteiger partial charge in [0.15, 0.2) is 0 Å². The highest BCUT2D eigenvalue weighted by molar-refractivity contribution is 7.91. The molecule has 0 bridgehead atoms. The lowest BCUT2D eigenvalue weighted by atomic mass is 10.1. The summed E-state index contributed by atoms with van der Waals surface area (Å²) < 4.78 is 37.4. The normalized spacial score (nSPS) is 11.2. The molecule has 4 aromatic rings. The number of rotatable bonds is 11. The molecule has 0 heterocycles. The molecule has 1 N–H and O–H groups in total. The Kier molecular flexibility index (Phi) is 8.72. The van der Waals surface area contributed by atoms with Crippen molar-refractivity contribution in [1.82, 2.24) is 5.32 Å². The SMILES string of the molecule is CCOC(=O)c1cccc(Oc2cccc(S(=O)(=O)c3ccc(CCNCc4ccccc4)cc3)c2)c1. The van der Waals surface area contributed by atoms with Crippen LogP contribution in [0.4, 0.5) is 0 Å². The Morgan fingerprint density at radius 2 is 1.46 bits per heavy atom.